The lowest BCUT2D eigenvalue weighted by Gasteiger charge is -2.21. The highest BCUT2D eigenvalue weighted by Crippen LogP contribution is 2.38. The predicted octanol–water partition coefficient (Wildman–Crippen LogP) is 1.70. The summed E-state index contributed by atoms with van der Waals surface area (Å²) in [7, 11) is 0. The predicted molar refractivity (Wildman–Crippen MR) is 73.4 cm³/mol. The zero-order valence-corrected chi connectivity index (χ0v) is 11.9. The quantitative estimate of drug-likeness (QED) is 0.915. The second-order valence-electron chi connectivity index (χ2n) is 5.98. The minimum absolute atomic E-state index is 0. The molecule has 2 atom stereocenters. The third kappa shape index (κ3) is 2.93. The molecule has 1 aliphatic carbocycles. The zero-order chi connectivity index (χ0) is 11.9. The van der Waals surface area contributed by atoms with Crippen LogP contribution in [0.5, 0.6) is 0 Å². The number of aromatic nitrogens is 2. The van der Waals surface area contributed by atoms with Crippen molar-refractivity contribution in [1.82, 2.24) is 20.4 Å². The number of hydrogen-bond donors (Lipinski definition) is 1. The average molecular weight is 285 g/mol. The number of rotatable bonds is 3. The minimum Gasteiger partial charge on any atom is -0.338 e. The standard InChI is InChI=1S/C13H20N4O.ClH/c1-2-9(1)13-15-12(18-16-13)8-17-6-5-10-3-4-11(7-17)14-10;/h9-11,14H,1-8H2;1H. The highest BCUT2D eigenvalue weighted by atomic mass is 35.5. The van der Waals surface area contributed by atoms with Crippen molar-refractivity contribution in [1.29, 1.82) is 0 Å². The van der Waals surface area contributed by atoms with Crippen molar-refractivity contribution in [3.05, 3.63) is 11.7 Å². The topological polar surface area (TPSA) is 54.2 Å². The van der Waals surface area contributed by atoms with Gasteiger partial charge in [0.05, 0.1) is 6.54 Å². The molecule has 3 fully saturated rings. The summed E-state index contributed by atoms with van der Waals surface area (Å²) in [6, 6.07) is 1.41. The molecule has 2 unspecified atom stereocenters. The van der Waals surface area contributed by atoms with Crippen LogP contribution in [-0.2, 0) is 6.54 Å². The van der Waals surface area contributed by atoms with Crippen molar-refractivity contribution in [2.24, 2.45) is 0 Å². The molecule has 4 rings (SSSR count). The van der Waals surface area contributed by atoms with Crippen LogP contribution < -0.4 is 5.32 Å². The summed E-state index contributed by atoms with van der Waals surface area (Å²) in [5, 5.41) is 7.78. The summed E-state index contributed by atoms with van der Waals surface area (Å²) < 4.78 is 5.37. The van der Waals surface area contributed by atoms with Crippen molar-refractivity contribution in [2.45, 2.75) is 56.7 Å². The van der Waals surface area contributed by atoms with Gasteiger partial charge in [0.1, 0.15) is 0 Å². The maximum absolute atomic E-state index is 5.37. The third-order valence-corrected chi connectivity index (χ3v) is 4.39. The Morgan fingerprint density at radius 3 is 2.84 bits per heavy atom. The lowest BCUT2D eigenvalue weighted by Crippen LogP contribution is -2.35. The van der Waals surface area contributed by atoms with Crippen molar-refractivity contribution in [3.63, 3.8) is 0 Å². The Kier molecular flexibility index (Phi) is 3.78. The van der Waals surface area contributed by atoms with Crippen LogP contribution in [0, 0.1) is 0 Å². The highest BCUT2D eigenvalue weighted by molar-refractivity contribution is 5.85. The van der Waals surface area contributed by atoms with Gasteiger partial charge < -0.3 is 9.84 Å². The Morgan fingerprint density at radius 1 is 1.16 bits per heavy atom. The fraction of sp³-hybridized carbons (Fsp3) is 0.846. The number of fused-ring (bicyclic) bond motifs is 2. The molecule has 106 valence electrons. The van der Waals surface area contributed by atoms with E-state index in [4.69, 9.17) is 4.52 Å². The molecule has 0 amide bonds. The van der Waals surface area contributed by atoms with E-state index >= 15 is 0 Å². The van der Waals surface area contributed by atoms with E-state index in [2.05, 4.69) is 20.4 Å². The summed E-state index contributed by atoms with van der Waals surface area (Å²) in [6.45, 7) is 3.09. The maximum Gasteiger partial charge on any atom is 0.240 e. The van der Waals surface area contributed by atoms with E-state index in [1.54, 1.807) is 0 Å². The van der Waals surface area contributed by atoms with E-state index in [1.807, 2.05) is 0 Å². The molecule has 1 aromatic heterocycles. The maximum atomic E-state index is 5.37. The summed E-state index contributed by atoms with van der Waals surface area (Å²) in [6.07, 6.45) is 6.38. The largest absolute Gasteiger partial charge is 0.338 e. The van der Waals surface area contributed by atoms with Gasteiger partial charge in [-0.05, 0) is 32.1 Å². The molecular formula is C13H21ClN4O. The average Bonchev–Trinajstić information content (AvgIpc) is 2.99. The van der Waals surface area contributed by atoms with Crippen LogP contribution >= 0.6 is 12.4 Å². The van der Waals surface area contributed by atoms with E-state index < -0.39 is 0 Å². The second kappa shape index (κ2) is 5.38. The van der Waals surface area contributed by atoms with E-state index in [0.29, 0.717) is 12.0 Å². The fourth-order valence-corrected chi connectivity index (χ4v) is 3.19. The van der Waals surface area contributed by atoms with Gasteiger partial charge in [-0.3, -0.25) is 4.90 Å². The summed E-state index contributed by atoms with van der Waals surface area (Å²) in [4.78, 5) is 6.98. The summed E-state index contributed by atoms with van der Waals surface area (Å²) in [5.74, 6) is 2.32. The Morgan fingerprint density at radius 2 is 2.00 bits per heavy atom. The Labute approximate surface area is 119 Å². The molecule has 1 saturated carbocycles. The number of hydrogen-bond acceptors (Lipinski definition) is 5. The molecule has 0 aromatic carbocycles. The molecule has 0 spiro atoms. The van der Waals surface area contributed by atoms with E-state index in [0.717, 1.165) is 37.4 Å². The Hall–Kier alpha value is -0.650. The highest BCUT2D eigenvalue weighted by Gasteiger charge is 2.31. The van der Waals surface area contributed by atoms with Crippen LogP contribution in [-0.4, -0.2) is 40.2 Å². The van der Waals surface area contributed by atoms with Gasteiger partial charge in [0.25, 0.3) is 0 Å². The Balaban J connectivity index is 0.00000110. The van der Waals surface area contributed by atoms with Crippen molar-refractivity contribution >= 4 is 12.4 Å². The van der Waals surface area contributed by atoms with Gasteiger partial charge in [-0.25, -0.2) is 0 Å². The number of nitrogens with one attached hydrogen (secondary N) is 1. The molecule has 2 aliphatic heterocycles. The van der Waals surface area contributed by atoms with Crippen molar-refractivity contribution < 1.29 is 4.52 Å². The zero-order valence-electron chi connectivity index (χ0n) is 11.0. The van der Waals surface area contributed by atoms with Crippen LogP contribution in [0.3, 0.4) is 0 Å². The molecule has 2 bridgehead atoms. The first-order valence-electron chi connectivity index (χ1n) is 7.18. The fourth-order valence-electron chi connectivity index (χ4n) is 3.19. The van der Waals surface area contributed by atoms with Gasteiger partial charge in [-0.2, -0.15) is 4.98 Å². The number of halogens is 1. The van der Waals surface area contributed by atoms with Crippen molar-refractivity contribution in [3.8, 4) is 0 Å². The van der Waals surface area contributed by atoms with Gasteiger partial charge in [0, 0.05) is 31.1 Å². The van der Waals surface area contributed by atoms with Gasteiger partial charge in [-0.15, -0.1) is 12.4 Å². The molecular weight excluding hydrogens is 264 g/mol. The number of likely N-dealkylation sites (tertiary alicyclic amines) is 1. The van der Waals surface area contributed by atoms with E-state index in [1.165, 1.54) is 32.1 Å². The van der Waals surface area contributed by atoms with Crippen molar-refractivity contribution in [2.75, 3.05) is 13.1 Å². The smallest absolute Gasteiger partial charge is 0.240 e. The first-order chi connectivity index (χ1) is 8.87. The van der Waals surface area contributed by atoms with Crippen LogP contribution in [0.15, 0.2) is 4.52 Å². The molecule has 1 N–H and O–H groups in total. The van der Waals surface area contributed by atoms with Crippen LogP contribution in [0.2, 0.25) is 0 Å². The summed E-state index contributed by atoms with van der Waals surface area (Å²) >= 11 is 0. The molecule has 3 aliphatic rings. The second-order valence-corrected chi connectivity index (χ2v) is 5.98. The monoisotopic (exact) mass is 284 g/mol. The van der Waals surface area contributed by atoms with Crippen LogP contribution in [0.1, 0.15) is 49.7 Å². The van der Waals surface area contributed by atoms with Crippen LogP contribution in [0.25, 0.3) is 0 Å². The third-order valence-electron chi connectivity index (χ3n) is 4.39. The molecule has 3 heterocycles. The minimum atomic E-state index is 0. The van der Waals surface area contributed by atoms with Gasteiger partial charge in [0.15, 0.2) is 5.82 Å². The first kappa shape index (κ1) is 13.3. The SMILES string of the molecule is C1CC2CN(Cc3nc(C4CC4)no3)CCC1N2.Cl. The lowest BCUT2D eigenvalue weighted by atomic mass is 10.1. The van der Waals surface area contributed by atoms with E-state index in [9.17, 15) is 0 Å². The normalized spacial score (nSPS) is 30.9. The first-order valence-corrected chi connectivity index (χ1v) is 7.18. The van der Waals surface area contributed by atoms with Crippen LogP contribution in [0.4, 0.5) is 0 Å². The van der Waals surface area contributed by atoms with Gasteiger partial charge >= 0.3 is 0 Å². The Bertz CT molecular complexity index is 434. The molecule has 1 aromatic rings. The molecule has 2 saturated heterocycles. The number of nitrogens with zero attached hydrogens (tertiary/aromatic N) is 3. The molecule has 0 radical (unpaired) electrons. The van der Waals surface area contributed by atoms with Gasteiger partial charge in [-0.1, -0.05) is 5.16 Å². The van der Waals surface area contributed by atoms with E-state index in [-0.39, 0.29) is 12.4 Å². The molecule has 5 nitrogen and oxygen atoms in total. The molecule has 6 heteroatoms. The lowest BCUT2D eigenvalue weighted by molar-refractivity contribution is 0.216. The summed E-state index contributed by atoms with van der Waals surface area (Å²) in [5.41, 5.74) is 0. The molecule has 19 heavy (non-hydrogen) atoms. The van der Waals surface area contributed by atoms with Gasteiger partial charge in [0.2, 0.25) is 5.89 Å².